The number of ether oxygens (including phenoxy) is 1. The Morgan fingerprint density at radius 3 is 2.94 bits per heavy atom. The van der Waals surface area contributed by atoms with Gasteiger partial charge in [0.15, 0.2) is 0 Å². The molecule has 4 heteroatoms. The topological polar surface area (TPSA) is 21.3 Å². The average molecular weight is 316 g/mol. The first-order valence-corrected chi connectivity index (χ1v) is 6.70. The Bertz CT molecular complexity index is 409. The van der Waals surface area contributed by atoms with E-state index in [0.717, 1.165) is 10.0 Å². The minimum atomic E-state index is -0.193. The van der Waals surface area contributed by atoms with Gasteiger partial charge in [-0.2, -0.15) is 0 Å². The van der Waals surface area contributed by atoms with E-state index >= 15 is 0 Å². The van der Waals surface area contributed by atoms with Gasteiger partial charge in [-0.3, -0.25) is 0 Å². The van der Waals surface area contributed by atoms with E-state index in [1.807, 2.05) is 13.8 Å². The van der Waals surface area contributed by atoms with Crippen LogP contribution in [0, 0.1) is 5.82 Å². The minimum absolute atomic E-state index is 0.0454. The quantitative estimate of drug-likeness (QED) is 0.610. The normalized spacial score (nSPS) is 12.4. The molecule has 1 rings (SSSR count). The highest BCUT2D eigenvalue weighted by Gasteiger charge is 2.10. The van der Waals surface area contributed by atoms with E-state index in [4.69, 9.17) is 4.74 Å². The maximum absolute atomic E-state index is 13.6. The van der Waals surface area contributed by atoms with Gasteiger partial charge >= 0.3 is 0 Å². The summed E-state index contributed by atoms with van der Waals surface area (Å²) in [5.74, 6) is -0.193. The molecule has 100 valence electrons. The molecule has 1 unspecified atom stereocenters. The Kier molecular flexibility index (Phi) is 6.54. The molecule has 1 aromatic rings. The zero-order valence-electron chi connectivity index (χ0n) is 10.8. The molecule has 0 radical (unpaired) electrons. The number of hydrogen-bond donors (Lipinski definition) is 1. The maximum atomic E-state index is 13.6. The lowest BCUT2D eigenvalue weighted by atomic mass is 10.1. The van der Waals surface area contributed by atoms with E-state index in [9.17, 15) is 4.39 Å². The number of rotatable bonds is 7. The van der Waals surface area contributed by atoms with Gasteiger partial charge < -0.3 is 10.1 Å². The molecular weight excluding hydrogens is 297 g/mol. The van der Waals surface area contributed by atoms with Crippen LogP contribution in [0.25, 0.3) is 0 Å². The first-order chi connectivity index (χ1) is 8.50. The fraction of sp³-hybridized carbons (Fsp3) is 0.429. The molecule has 0 heterocycles. The van der Waals surface area contributed by atoms with Crippen LogP contribution < -0.4 is 5.32 Å². The van der Waals surface area contributed by atoms with Crippen LogP contribution in [0.5, 0.6) is 0 Å². The lowest BCUT2D eigenvalue weighted by molar-refractivity contribution is 0.155. The third-order valence-corrected chi connectivity index (χ3v) is 2.96. The summed E-state index contributed by atoms with van der Waals surface area (Å²) < 4.78 is 19.8. The van der Waals surface area contributed by atoms with Crippen molar-refractivity contribution in [2.45, 2.75) is 19.9 Å². The monoisotopic (exact) mass is 315 g/mol. The molecule has 18 heavy (non-hydrogen) atoms. The summed E-state index contributed by atoms with van der Waals surface area (Å²) in [7, 11) is 0. The number of benzene rings is 1. The predicted molar refractivity (Wildman–Crippen MR) is 76.2 cm³/mol. The maximum Gasteiger partial charge on any atom is 0.128 e. The second-order valence-corrected chi connectivity index (χ2v) is 5.27. The van der Waals surface area contributed by atoms with Gasteiger partial charge in [0, 0.05) is 22.6 Å². The van der Waals surface area contributed by atoms with E-state index < -0.39 is 0 Å². The molecule has 0 aliphatic heterocycles. The van der Waals surface area contributed by atoms with Crippen molar-refractivity contribution < 1.29 is 9.13 Å². The molecule has 0 saturated heterocycles. The molecule has 0 fully saturated rings. The SMILES string of the molecule is C=C(C)COCCNC(C)c1cc(Br)ccc1F. The van der Waals surface area contributed by atoms with Crippen molar-refractivity contribution in [2.75, 3.05) is 19.8 Å². The van der Waals surface area contributed by atoms with E-state index in [-0.39, 0.29) is 11.9 Å². The summed E-state index contributed by atoms with van der Waals surface area (Å²) in [5.41, 5.74) is 1.66. The average Bonchev–Trinajstić information content (AvgIpc) is 2.31. The Labute approximate surface area is 116 Å². The number of nitrogens with one attached hydrogen (secondary N) is 1. The standard InChI is InChI=1S/C14H19BrFNO/c1-10(2)9-18-7-6-17-11(3)13-8-12(15)4-5-14(13)16/h4-5,8,11,17H,1,6-7,9H2,2-3H3. The summed E-state index contributed by atoms with van der Waals surface area (Å²) in [4.78, 5) is 0. The molecule has 0 aliphatic rings. The third-order valence-electron chi connectivity index (χ3n) is 2.47. The molecule has 0 aliphatic carbocycles. The van der Waals surface area contributed by atoms with Crippen LogP contribution in [0.4, 0.5) is 4.39 Å². The largest absolute Gasteiger partial charge is 0.376 e. The zero-order valence-corrected chi connectivity index (χ0v) is 12.4. The number of hydrogen-bond acceptors (Lipinski definition) is 2. The van der Waals surface area contributed by atoms with Crippen LogP contribution in [0.2, 0.25) is 0 Å². The summed E-state index contributed by atoms with van der Waals surface area (Å²) in [6.07, 6.45) is 0. The fourth-order valence-corrected chi connectivity index (χ4v) is 1.93. The minimum Gasteiger partial charge on any atom is -0.376 e. The van der Waals surface area contributed by atoms with Crippen LogP contribution in [-0.4, -0.2) is 19.8 Å². The highest BCUT2D eigenvalue weighted by atomic mass is 79.9. The molecule has 0 spiro atoms. The summed E-state index contributed by atoms with van der Waals surface area (Å²) in [5, 5.41) is 3.23. The lowest BCUT2D eigenvalue weighted by Crippen LogP contribution is -2.24. The van der Waals surface area contributed by atoms with Crippen LogP contribution in [0.1, 0.15) is 25.5 Å². The molecule has 1 aromatic carbocycles. The van der Waals surface area contributed by atoms with Gasteiger partial charge in [0.1, 0.15) is 5.82 Å². The Balaban J connectivity index is 2.38. The lowest BCUT2D eigenvalue weighted by Gasteiger charge is -2.15. The van der Waals surface area contributed by atoms with Crippen molar-refractivity contribution in [1.29, 1.82) is 0 Å². The van der Waals surface area contributed by atoms with Crippen molar-refractivity contribution in [3.8, 4) is 0 Å². The second-order valence-electron chi connectivity index (χ2n) is 4.35. The molecule has 0 saturated carbocycles. The van der Waals surface area contributed by atoms with Crippen LogP contribution in [0.15, 0.2) is 34.8 Å². The van der Waals surface area contributed by atoms with E-state index in [1.165, 1.54) is 6.07 Å². The van der Waals surface area contributed by atoms with Gasteiger partial charge in [-0.15, -0.1) is 0 Å². The molecular formula is C14H19BrFNO. The first kappa shape index (κ1) is 15.3. The molecule has 1 atom stereocenters. The van der Waals surface area contributed by atoms with Gasteiger partial charge in [-0.05, 0) is 32.0 Å². The van der Waals surface area contributed by atoms with Gasteiger partial charge in [-0.25, -0.2) is 4.39 Å². The van der Waals surface area contributed by atoms with Gasteiger partial charge in [0.25, 0.3) is 0 Å². The Hall–Kier alpha value is -0.710. The first-order valence-electron chi connectivity index (χ1n) is 5.91. The molecule has 2 nitrogen and oxygen atoms in total. The van der Waals surface area contributed by atoms with Crippen molar-refractivity contribution in [2.24, 2.45) is 0 Å². The van der Waals surface area contributed by atoms with Crippen LogP contribution in [0.3, 0.4) is 0 Å². The van der Waals surface area contributed by atoms with E-state index in [0.29, 0.717) is 25.3 Å². The summed E-state index contributed by atoms with van der Waals surface area (Å²) in [6, 6.07) is 4.91. The predicted octanol–water partition coefficient (Wildman–Crippen LogP) is 3.83. The van der Waals surface area contributed by atoms with Crippen LogP contribution >= 0.6 is 15.9 Å². The second kappa shape index (κ2) is 7.67. The molecule has 0 aromatic heterocycles. The van der Waals surface area contributed by atoms with Crippen molar-refractivity contribution >= 4 is 15.9 Å². The third kappa shape index (κ3) is 5.29. The summed E-state index contributed by atoms with van der Waals surface area (Å²) >= 11 is 3.34. The number of halogens is 2. The highest BCUT2D eigenvalue weighted by molar-refractivity contribution is 9.10. The fourth-order valence-electron chi connectivity index (χ4n) is 1.55. The highest BCUT2D eigenvalue weighted by Crippen LogP contribution is 2.21. The van der Waals surface area contributed by atoms with Gasteiger partial charge in [0.2, 0.25) is 0 Å². The van der Waals surface area contributed by atoms with Crippen molar-refractivity contribution in [3.63, 3.8) is 0 Å². The van der Waals surface area contributed by atoms with Crippen molar-refractivity contribution in [1.82, 2.24) is 5.32 Å². The van der Waals surface area contributed by atoms with Gasteiger partial charge in [0.05, 0.1) is 13.2 Å². The van der Waals surface area contributed by atoms with E-state index in [2.05, 4.69) is 27.8 Å². The smallest absolute Gasteiger partial charge is 0.128 e. The van der Waals surface area contributed by atoms with Gasteiger partial charge in [-0.1, -0.05) is 28.1 Å². The van der Waals surface area contributed by atoms with Crippen LogP contribution in [-0.2, 0) is 4.74 Å². The molecule has 0 amide bonds. The Morgan fingerprint density at radius 2 is 2.28 bits per heavy atom. The van der Waals surface area contributed by atoms with Crippen molar-refractivity contribution in [3.05, 3.63) is 46.2 Å². The zero-order chi connectivity index (χ0) is 13.5. The molecule has 1 N–H and O–H groups in total. The Morgan fingerprint density at radius 1 is 1.56 bits per heavy atom. The molecule has 0 bridgehead atoms. The summed E-state index contributed by atoms with van der Waals surface area (Å²) in [6.45, 7) is 9.46. The van der Waals surface area contributed by atoms with E-state index in [1.54, 1.807) is 12.1 Å².